The highest BCUT2D eigenvalue weighted by atomic mass is 35.5. The molecule has 0 aliphatic rings. The number of halogens is 1. The molecule has 3 aromatic rings. The summed E-state index contributed by atoms with van der Waals surface area (Å²) >= 11 is 5.98. The monoisotopic (exact) mass is 493 g/mol. The van der Waals surface area contributed by atoms with Crippen LogP contribution < -0.4 is 21.7 Å². The molecule has 0 saturated heterocycles. The van der Waals surface area contributed by atoms with Gasteiger partial charge in [-0.2, -0.15) is 0 Å². The van der Waals surface area contributed by atoms with Crippen molar-refractivity contribution < 1.29 is 9.59 Å². The lowest BCUT2D eigenvalue weighted by Gasteiger charge is -2.21. The minimum atomic E-state index is -0.693. The molecule has 184 valence electrons. The van der Waals surface area contributed by atoms with E-state index in [1.54, 1.807) is 13.0 Å². The van der Waals surface area contributed by atoms with Gasteiger partial charge in [0.05, 0.1) is 6.04 Å². The zero-order valence-corrected chi connectivity index (χ0v) is 20.8. The third-order valence-corrected chi connectivity index (χ3v) is 6.02. The first-order valence-electron chi connectivity index (χ1n) is 11.6. The lowest BCUT2D eigenvalue weighted by atomic mass is 10.0. The number of aryl methyl sites for hydroxylation is 2. The number of carbonyl (C=O) groups excluding carboxylic acids is 2. The quantitative estimate of drug-likeness (QED) is 0.326. The highest BCUT2D eigenvalue weighted by Crippen LogP contribution is 2.11. The van der Waals surface area contributed by atoms with Crippen molar-refractivity contribution in [3.05, 3.63) is 94.1 Å². The number of nitrogens with one attached hydrogen (secondary N) is 3. The second kappa shape index (κ2) is 12.9. The van der Waals surface area contributed by atoms with E-state index in [4.69, 9.17) is 17.3 Å². The standard InChI is InChI=1S/C27H32ClN5O2/c1-18-22(11-15-25(29)32-18)17-31-26(34)19(2)33-27(35)24(14-10-20-6-4-3-5-7-20)30-16-21-8-12-23(28)13-9-21/h3-9,11-13,15,19,24,30H,10,14,16-17H2,1-2H3,(H2,29,32)(H,31,34)(H,33,35)/t19-,24+/m0/s1. The summed E-state index contributed by atoms with van der Waals surface area (Å²) in [7, 11) is 0. The Morgan fingerprint density at radius 3 is 2.34 bits per heavy atom. The van der Waals surface area contributed by atoms with E-state index in [-0.39, 0.29) is 11.8 Å². The molecule has 0 saturated carbocycles. The minimum absolute atomic E-state index is 0.220. The van der Waals surface area contributed by atoms with Gasteiger partial charge in [0.25, 0.3) is 0 Å². The number of carbonyl (C=O) groups is 2. The van der Waals surface area contributed by atoms with Crippen LogP contribution in [0.25, 0.3) is 0 Å². The number of rotatable bonds is 11. The number of nitrogens with zero attached hydrogens (tertiary/aromatic N) is 1. The summed E-state index contributed by atoms with van der Waals surface area (Å²) in [5, 5.41) is 9.71. The fraction of sp³-hybridized carbons (Fsp3) is 0.296. The van der Waals surface area contributed by atoms with E-state index >= 15 is 0 Å². The molecule has 35 heavy (non-hydrogen) atoms. The van der Waals surface area contributed by atoms with Crippen molar-refractivity contribution in [2.45, 2.75) is 51.9 Å². The van der Waals surface area contributed by atoms with Gasteiger partial charge in [-0.1, -0.05) is 60.1 Å². The fourth-order valence-corrected chi connectivity index (χ4v) is 3.76. The highest BCUT2D eigenvalue weighted by molar-refractivity contribution is 6.30. The molecular weight excluding hydrogens is 462 g/mol. The second-order valence-electron chi connectivity index (χ2n) is 8.51. The molecule has 7 nitrogen and oxygen atoms in total. The van der Waals surface area contributed by atoms with Crippen molar-refractivity contribution in [2.75, 3.05) is 5.73 Å². The summed E-state index contributed by atoms with van der Waals surface area (Å²) in [6, 6.07) is 19.9. The van der Waals surface area contributed by atoms with Crippen LogP contribution in [0.3, 0.4) is 0 Å². The lowest BCUT2D eigenvalue weighted by molar-refractivity contribution is -0.129. The van der Waals surface area contributed by atoms with Crippen LogP contribution in [0, 0.1) is 6.92 Å². The van der Waals surface area contributed by atoms with Crippen molar-refractivity contribution in [1.82, 2.24) is 20.9 Å². The number of aromatic nitrogens is 1. The SMILES string of the molecule is Cc1nc(N)ccc1CNC(=O)[C@H](C)NC(=O)[C@@H](CCc1ccccc1)NCc1ccc(Cl)cc1. The molecule has 1 heterocycles. The van der Waals surface area contributed by atoms with Crippen LogP contribution in [-0.4, -0.2) is 28.9 Å². The maximum atomic E-state index is 13.1. The Balaban J connectivity index is 1.58. The van der Waals surface area contributed by atoms with Crippen LogP contribution in [0.15, 0.2) is 66.7 Å². The van der Waals surface area contributed by atoms with Gasteiger partial charge in [0, 0.05) is 23.8 Å². The second-order valence-corrected chi connectivity index (χ2v) is 8.95. The molecule has 0 unspecified atom stereocenters. The molecule has 0 fully saturated rings. The summed E-state index contributed by atoms with van der Waals surface area (Å²) in [5.74, 6) is -0.0529. The summed E-state index contributed by atoms with van der Waals surface area (Å²) in [6.07, 6.45) is 1.32. The molecule has 0 aliphatic carbocycles. The van der Waals surface area contributed by atoms with Crippen molar-refractivity contribution in [1.29, 1.82) is 0 Å². The summed E-state index contributed by atoms with van der Waals surface area (Å²) in [6.45, 7) is 4.33. The van der Waals surface area contributed by atoms with Crippen molar-refractivity contribution in [3.8, 4) is 0 Å². The van der Waals surface area contributed by atoms with Gasteiger partial charge in [0.15, 0.2) is 0 Å². The molecule has 5 N–H and O–H groups in total. The number of amides is 2. The molecule has 0 aliphatic heterocycles. The number of benzene rings is 2. The van der Waals surface area contributed by atoms with Gasteiger partial charge in [-0.25, -0.2) is 4.98 Å². The van der Waals surface area contributed by atoms with Crippen molar-refractivity contribution >= 4 is 29.2 Å². The Labute approximate surface area is 211 Å². The van der Waals surface area contributed by atoms with Crippen LogP contribution >= 0.6 is 11.6 Å². The van der Waals surface area contributed by atoms with Gasteiger partial charge < -0.3 is 21.7 Å². The van der Waals surface area contributed by atoms with E-state index in [2.05, 4.69) is 20.9 Å². The average molecular weight is 494 g/mol. The van der Waals surface area contributed by atoms with Gasteiger partial charge in [0.2, 0.25) is 11.8 Å². The molecule has 8 heteroatoms. The Bertz CT molecular complexity index is 1120. The van der Waals surface area contributed by atoms with E-state index in [1.807, 2.05) is 67.6 Å². The third kappa shape index (κ3) is 8.38. The molecule has 2 atom stereocenters. The smallest absolute Gasteiger partial charge is 0.242 e. The van der Waals surface area contributed by atoms with Crippen LogP contribution in [0.4, 0.5) is 5.82 Å². The van der Waals surface area contributed by atoms with E-state index in [9.17, 15) is 9.59 Å². The largest absolute Gasteiger partial charge is 0.384 e. The number of nitrogens with two attached hydrogens (primary N) is 1. The van der Waals surface area contributed by atoms with Gasteiger partial charge in [-0.15, -0.1) is 0 Å². The highest BCUT2D eigenvalue weighted by Gasteiger charge is 2.22. The number of hydrogen-bond donors (Lipinski definition) is 4. The first kappa shape index (κ1) is 26.2. The van der Waals surface area contributed by atoms with Crippen LogP contribution in [-0.2, 0) is 29.1 Å². The molecule has 1 aromatic heterocycles. The first-order chi connectivity index (χ1) is 16.8. The maximum absolute atomic E-state index is 13.1. The van der Waals surface area contributed by atoms with E-state index in [1.165, 1.54) is 0 Å². The van der Waals surface area contributed by atoms with Crippen LogP contribution in [0.1, 0.15) is 35.7 Å². The topological polar surface area (TPSA) is 109 Å². The zero-order valence-electron chi connectivity index (χ0n) is 20.1. The Morgan fingerprint density at radius 1 is 0.943 bits per heavy atom. The summed E-state index contributed by atoms with van der Waals surface area (Å²) in [4.78, 5) is 30.0. The van der Waals surface area contributed by atoms with Crippen LogP contribution in [0.2, 0.25) is 5.02 Å². The predicted octanol–water partition coefficient (Wildman–Crippen LogP) is 3.54. The minimum Gasteiger partial charge on any atom is -0.384 e. The number of nitrogen functional groups attached to an aromatic ring is 1. The number of hydrogen-bond acceptors (Lipinski definition) is 5. The van der Waals surface area contributed by atoms with Gasteiger partial charge in [-0.3, -0.25) is 9.59 Å². The van der Waals surface area contributed by atoms with Gasteiger partial charge in [0.1, 0.15) is 11.9 Å². The van der Waals surface area contributed by atoms with Crippen LogP contribution in [0.5, 0.6) is 0 Å². The average Bonchev–Trinajstić information content (AvgIpc) is 2.85. The molecule has 2 amide bonds. The van der Waals surface area contributed by atoms with Crippen molar-refractivity contribution in [3.63, 3.8) is 0 Å². The van der Waals surface area contributed by atoms with E-state index in [0.29, 0.717) is 30.4 Å². The first-order valence-corrected chi connectivity index (χ1v) is 12.0. The van der Waals surface area contributed by atoms with E-state index < -0.39 is 12.1 Å². The Hall–Kier alpha value is -3.42. The van der Waals surface area contributed by atoms with Gasteiger partial charge in [-0.05, 0) is 61.6 Å². The Morgan fingerprint density at radius 2 is 1.66 bits per heavy atom. The Kier molecular flexibility index (Phi) is 9.64. The predicted molar refractivity (Wildman–Crippen MR) is 140 cm³/mol. The molecule has 0 bridgehead atoms. The molecule has 2 aromatic carbocycles. The van der Waals surface area contributed by atoms with Gasteiger partial charge >= 0.3 is 0 Å². The maximum Gasteiger partial charge on any atom is 0.242 e. The molecule has 0 spiro atoms. The normalized spacial score (nSPS) is 12.5. The van der Waals surface area contributed by atoms with E-state index in [0.717, 1.165) is 28.8 Å². The fourth-order valence-electron chi connectivity index (χ4n) is 3.64. The number of pyridine rings is 1. The lowest BCUT2D eigenvalue weighted by Crippen LogP contribution is -2.51. The number of anilines is 1. The summed E-state index contributed by atoms with van der Waals surface area (Å²) < 4.78 is 0. The third-order valence-electron chi connectivity index (χ3n) is 5.77. The summed E-state index contributed by atoms with van der Waals surface area (Å²) in [5.41, 5.74) is 9.49. The molecular formula is C27H32ClN5O2. The van der Waals surface area contributed by atoms with Crippen molar-refractivity contribution in [2.24, 2.45) is 0 Å². The molecule has 3 rings (SSSR count). The molecule has 0 radical (unpaired) electrons. The zero-order chi connectivity index (χ0) is 25.2.